The number of nitrogens with zero attached hydrogens (tertiary/aromatic N) is 2. The summed E-state index contributed by atoms with van der Waals surface area (Å²) < 4.78 is 28.0. The van der Waals surface area contributed by atoms with E-state index >= 15 is 0 Å². The molecule has 0 saturated heterocycles. The standard InChI is InChI=1S/C23H29N5O3S/c1-31-20-9-5-8-19-21(20)27-23(28-22(19)25-17-6-3-2-4-7-17)26-18-12-10-16(11-13-18)14-15-32(24,29)30/h2-9,16,18H,10-15H2,1H3,(H2,24,29,30)(H2,25,26,27,28)/t16-,18-. The van der Waals surface area contributed by atoms with Crippen LogP contribution in [0.15, 0.2) is 48.5 Å². The maximum atomic E-state index is 11.2. The Morgan fingerprint density at radius 1 is 1.03 bits per heavy atom. The van der Waals surface area contributed by atoms with Crippen molar-refractivity contribution in [3.8, 4) is 5.75 Å². The molecule has 0 amide bonds. The molecule has 3 aromatic rings. The number of hydrogen-bond acceptors (Lipinski definition) is 7. The summed E-state index contributed by atoms with van der Waals surface area (Å²) in [5, 5.41) is 12.9. The van der Waals surface area contributed by atoms with Crippen molar-refractivity contribution in [3.63, 3.8) is 0 Å². The van der Waals surface area contributed by atoms with Gasteiger partial charge < -0.3 is 15.4 Å². The van der Waals surface area contributed by atoms with Gasteiger partial charge in [0, 0.05) is 17.1 Å². The van der Waals surface area contributed by atoms with Gasteiger partial charge >= 0.3 is 0 Å². The summed E-state index contributed by atoms with van der Waals surface area (Å²) in [4.78, 5) is 9.52. The van der Waals surface area contributed by atoms with Crippen LogP contribution in [0.5, 0.6) is 5.75 Å². The van der Waals surface area contributed by atoms with Crippen LogP contribution >= 0.6 is 0 Å². The van der Waals surface area contributed by atoms with Gasteiger partial charge in [-0.05, 0) is 62.3 Å². The van der Waals surface area contributed by atoms with Crippen molar-refractivity contribution in [1.29, 1.82) is 0 Å². The fourth-order valence-electron chi connectivity index (χ4n) is 4.22. The molecule has 0 aliphatic heterocycles. The van der Waals surface area contributed by atoms with Crippen molar-refractivity contribution in [2.45, 2.75) is 38.1 Å². The van der Waals surface area contributed by atoms with Gasteiger partial charge in [-0.2, -0.15) is 4.98 Å². The highest BCUT2D eigenvalue weighted by Crippen LogP contribution is 2.33. The lowest BCUT2D eigenvalue weighted by molar-refractivity contribution is 0.330. The molecule has 1 aliphatic carbocycles. The van der Waals surface area contributed by atoms with E-state index in [1.807, 2.05) is 48.5 Å². The first-order valence-electron chi connectivity index (χ1n) is 10.8. The molecule has 1 heterocycles. The number of fused-ring (bicyclic) bond motifs is 1. The molecular formula is C23H29N5O3S. The van der Waals surface area contributed by atoms with Crippen molar-refractivity contribution in [1.82, 2.24) is 9.97 Å². The van der Waals surface area contributed by atoms with Crippen LogP contribution in [0.4, 0.5) is 17.5 Å². The summed E-state index contributed by atoms with van der Waals surface area (Å²) in [6.07, 6.45) is 4.41. The maximum absolute atomic E-state index is 11.2. The van der Waals surface area contributed by atoms with Crippen molar-refractivity contribution in [2.24, 2.45) is 11.1 Å². The van der Waals surface area contributed by atoms with Crippen LogP contribution in [0.25, 0.3) is 10.9 Å². The summed E-state index contributed by atoms with van der Waals surface area (Å²) in [5.41, 5.74) is 1.68. The molecule has 1 fully saturated rings. The Morgan fingerprint density at radius 2 is 1.78 bits per heavy atom. The lowest BCUT2D eigenvalue weighted by Gasteiger charge is -2.29. The van der Waals surface area contributed by atoms with E-state index < -0.39 is 10.0 Å². The Labute approximate surface area is 188 Å². The largest absolute Gasteiger partial charge is 0.494 e. The summed E-state index contributed by atoms with van der Waals surface area (Å²) >= 11 is 0. The summed E-state index contributed by atoms with van der Waals surface area (Å²) in [6.45, 7) is 0. The monoisotopic (exact) mass is 455 g/mol. The molecule has 2 aromatic carbocycles. The topological polar surface area (TPSA) is 119 Å². The molecule has 170 valence electrons. The second-order valence-corrected chi connectivity index (χ2v) is 9.99. The van der Waals surface area contributed by atoms with E-state index in [4.69, 9.17) is 19.8 Å². The van der Waals surface area contributed by atoms with E-state index in [2.05, 4.69) is 10.6 Å². The van der Waals surface area contributed by atoms with Crippen molar-refractivity contribution in [3.05, 3.63) is 48.5 Å². The molecule has 0 atom stereocenters. The molecule has 0 radical (unpaired) electrons. The Kier molecular flexibility index (Phi) is 6.76. The highest BCUT2D eigenvalue weighted by molar-refractivity contribution is 7.89. The fourth-order valence-corrected chi connectivity index (χ4v) is 4.88. The van der Waals surface area contributed by atoms with Gasteiger partial charge in [-0.1, -0.05) is 24.3 Å². The van der Waals surface area contributed by atoms with E-state index in [1.54, 1.807) is 7.11 Å². The number of rotatable bonds is 8. The van der Waals surface area contributed by atoms with Gasteiger partial charge in [-0.15, -0.1) is 0 Å². The average Bonchev–Trinajstić information content (AvgIpc) is 2.78. The zero-order chi connectivity index (χ0) is 22.6. The third-order valence-corrected chi connectivity index (χ3v) is 6.74. The van der Waals surface area contributed by atoms with Crippen molar-refractivity contribution < 1.29 is 13.2 Å². The van der Waals surface area contributed by atoms with E-state index in [0.29, 0.717) is 29.9 Å². The fraction of sp³-hybridized carbons (Fsp3) is 0.391. The van der Waals surface area contributed by atoms with Gasteiger partial charge in [-0.25, -0.2) is 18.5 Å². The maximum Gasteiger partial charge on any atom is 0.225 e. The van der Waals surface area contributed by atoms with Crippen molar-refractivity contribution >= 4 is 38.4 Å². The highest BCUT2D eigenvalue weighted by atomic mass is 32.2. The molecule has 1 aliphatic rings. The first-order chi connectivity index (χ1) is 15.4. The van der Waals surface area contributed by atoms with Gasteiger partial charge in [0.2, 0.25) is 16.0 Å². The normalized spacial score (nSPS) is 18.9. The number of hydrogen-bond donors (Lipinski definition) is 3. The minimum atomic E-state index is -3.40. The van der Waals surface area contributed by atoms with E-state index in [1.165, 1.54) is 0 Å². The number of benzene rings is 2. The molecule has 4 rings (SSSR count). The predicted molar refractivity (Wildman–Crippen MR) is 128 cm³/mol. The molecule has 9 heteroatoms. The lowest BCUT2D eigenvalue weighted by Crippen LogP contribution is -2.28. The smallest absolute Gasteiger partial charge is 0.225 e. The minimum Gasteiger partial charge on any atom is -0.494 e. The van der Waals surface area contributed by atoms with Crippen molar-refractivity contribution in [2.75, 3.05) is 23.5 Å². The lowest BCUT2D eigenvalue weighted by atomic mass is 9.84. The zero-order valence-electron chi connectivity index (χ0n) is 18.1. The molecule has 0 spiro atoms. The Morgan fingerprint density at radius 3 is 2.47 bits per heavy atom. The number of sulfonamides is 1. The molecule has 1 saturated carbocycles. The van der Waals surface area contributed by atoms with Gasteiger partial charge in [0.15, 0.2) is 0 Å². The Bertz CT molecular complexity index is 1160. The zero-order valence-corrected chi connectivity index (χ0v) is 18.9. The first-order valence-corrected chi connectivity index (χ1v) is 12.6. The number of para-hydroxylation sites is 2. The SMILES string of the molecule is COc1cccc2c(Nc3ccccc3)nc(N[C@H]3CC[C@H](CCS(N)(=O)=O)CC3)nc12. The quantitative estimate of drug-likeness (QED) is 0.469. The molecular weight excluding hydrogens is 426 g/mol. The summed E-state index contributed by atoms with van der Waals surface area (Å²) in [6, 6.07) is 15.9. The van der Waals surface area contributed by atoms with Gasteiger partial charge in [0.25, 0.3) is 0 Å². The van der Waals surface area contributed by atoms with Crippen LogP contribution in [0.2, 0.25) is 0 Å². The molecule has 0 unspecified atom stereocenters. The van der Waals surface area contributed by atoms with E-state index in [0.717, 1.165) is 42.3 Å². The number of methoxy groups -OCH3 is 1. The molecule has 32 heavy (non-hydrogen) atoms. The van der Waals surface area contributed by atoms with Gasteiger partial charge in [0.05, 0.1) is 12.9 Å². The Balaban J connectivity index is 1.53. The Hall–Kier alpha value is -2.91. The highest BCUT2D eigenvalue weighted by Gasteiger charge is 2.23. The number of anilines is 3. The molecule has 4 N–H and O–H groups in total. The van der Waals surface area contributed by atoms with Crippen LogP contribution in [0.3, 0.4) is 0 Å². The predicted octanol–water partition coefficient (Wildman–Crippen LogP) is 4.03. The number of aromatic nitrogens is 2. The van der Waals surface area contributed by atoms with Crippen LogP contribution in [0.1, 0.15) is 32.1 Å². The molecule has 1 aromatic heterocycles. The van der Waals surface area contributed by atoms with Crippen LogP contribution in [-0.2, 0) is 10.0 Å². The second-order valence-electron chi connectivity index (χ2n) is 8.26. The second kappa shape index (κ2) is 9.70. The number of primary sulfonamides is 1. The number of nitrogens with two attached hydrogens (primary N) is 1. The van der Waals surface area contributed by atoms with Crippen LogP contribution in [0, 0.1) is 5.92 Å². The first kappa shape index (κ1) is 22.3. The van der Waals surface area contributed by atoms with Gasteiger partial charge in [0.1, 0.15) is 17.1 Å². The molecule has 8 nitrogen and oxygen atoms in total. The van der Waals surface area contributed by atoms with Crippen LogP contribution < -0.4 is 20.5 Å². The summed E-state index contributed by atoms with van der Waals surface area (Å²) in [7, 11) is -1.76. The third kappa shape index (κ3) is 5.66. The van der Waals surface area contributed by atoms with Gasteiger partial charge in [-0.3, -0.25) is 0 Å². The van der Waals surface area contributed by atoms with E-state index in [-0.39, 0.29) is 11.8 Å². The number of nitrogens with one attached hydrogen (secondary N) is 2. The average molecular weight is 456 g/mol. The van der Waals surface area contributed by atoms with E-state index in [9.17, 15) is 8.42 Å². The summed E-state index contributed by atoms with van der Waals surface area (Å²) in [5.74, 6) is 2.39. The molecule has 0 bridgehead atoms. The minimum absolute atomic E-state index is 0.0534. The third-order valence-electron chi connectivity index (χ3n) is 5.94. The number of ether oxygens (including phenoxy) is 1. The van der Waals surface area contributed by atoms with Crippen LogP contribution in [-0.4, -0.2) is 37.3 Å².